The largest absolute Gasteiger partial charge is 0.352 e. The molecule has 1 heterocycles. The van der Waals surface area contributed by atoms with E-state index in [-0.39, 0.29) is 17.9 Å². The molecular weight excluding hydrogens is 312 g/mol. The average Bonchev–Trinajstić information content (AvgIpc) is 3.03. The third kappa shape index (κ3) is 4.06. The van der Waals surface area contributed by atoms with Crippen LogP contribution in [0.15, 0.2) is 54.9 Å². The predicted molar refractivity (Wildman–Crippen MR) is 99.9 cm³/mol. The van der Waals surface area contributed by atoms with Gasteiger partial charge in [0, 0.05) is 25.0 Å². The first-order chi connectivity index (χ1) is 12.0. The van der Waals surface area contributed by atoms with Crippen molar-refractivity contribution >= 4 is 16.9 Å². The SMILES string of the molecule is CC(N)C(C)C(=O)NCc1ccc(Cn2cnc3ccccc32)cc1. The first kappa shape index (κ1) is 17.2. The lowest BCUT2D eigenvalue weighted by Crippen LogP contribution is -2.38. The minimum atomic E-state index is -0.186. The van der Waals surface area contributed by atoms with E-state index in [1.54, 1.807) is 0 Å². The second-order valence-corrected chi connectivity index (χ2v) is 6.54. The summed E-state index contributed by atoms with van der Waals surface area (Å²) < 4.78 is 2.14. The highest BCUT2D eigenvalue weighted by Gasteiger charge is 2.16. The molecule has 130 valence electrons. The second kappa shape index (κ2) is 7.49. The molecule has 25 heavy (non-hydrogen) atoms. The van der Waals surface area contributed by atoms with Crippen molar-refractivity contribution in [2.75, 3.05) is 0 Å². The van der Waals surface area contributed by atoms with Gasteiger partial charge in [0.2, 0.25) is 5.91 Å². The Hall–Kier alpha value is -2.66. The van der Waals surface area contributed by atoms with E-state index in [1.807, 2.05) is 50.5 Å². The first-order valence-corrected chi connectivity index (χ1v) is 8.55. The molecule has 2 aromatic carbocycles. The Morgan fingerprint density at radius 3 is 2.52 bits per heavy atom. The van der Waals surface area contributed by atoms with Crippen LogP contribution in [0.3, 0.4) is 0 Å². The molecule has 3 N–H and O–H groups in total. The van der Waals surface area contributed by atoms with E-state index in [9.17, 15) is 4.79 Å². The zero-order valence-corrected chi connectivity index (χ0v) is 14.6. The molecule has 5 heteroatoms. The van der Waals surface area contributed by atoms with Crippen LogP contribution >= 0.6 is 0 Å². The molecule has 0 saturated carbocycles. The maximum absolute atomic E-state index is 12.0. The van der Waals surface area contributed by atoms with Gasteiger partial charge in [-0.3, -0.25) is 4.79 Å². The minimum absolute atomic E-state index is 0.0102. The van der Waals surface area contributed by atoms with E-state index < -0.39 is 0 Å². The summed E-state index contributed by atoms with van der Waals surface area (Å²) in [5.41, 5.74) is 10.2. The van der Waals surface area contributed by atoms with Crippen molar-refractivity contribution in [1.82, 2.24) is 14.9 Å². The molecule has 0 aliphatic carbocycles. The number of para-hydroxylation sites is 2. The minimum Gasteiger partial charge on any atom is -0.352 e. The number of rotatable bonds is 6. The summed E-state index contributed by atoms with van der Waals surface area (Å²) in [6, 6.07) is 16.2. The smallest absolute Gasteiger partial charge is 0.224 e. The summed E-state index contributed by atoms with van der Waals surface area (Å²) in [5, 5.41) is 2.94. The number of benzene rings is 2. The first-order valence-electron chi connectivity index (χ1n) is 8.55. The van der Waals surface area contributed by atoms with Crippen molar-refractivity contribution in [1.29, 1.82) is 0 Å². The van der Waals surface area contributed by atoms with Gasteiger partial charge >= 0.3 is 0 Å². The molecule has 2 atom stereocenters. The average molecular weight is 336 g/mol. The van der Waals surface area contributed by atoms with Crippen LogP contribution in [0.25, 0.3) is 11.0 Å². The molecule has 0 aliphatic heterocycles. The molecule has 3 rings (SSSR count). The number of nitrogens with zero attached hydrogens (tertiary/aromatic N) is 2. The van der Waals surface area contributed by atoms with E-state index >= 15 is 0 Å². The molecule has 0 aliphatic rings. The van der Waals surface area contributed by atoms with Crippen molar-refractivity contribution in [3.63, 3.8) is 0 Å². The molecule has 0 spiro atoms. The Kier molecular flexibility index (Phi) is 5.14. The van der Waals surface area contributed by atoms with E-state index in [1.165, 1.54) is 5.56 Å². The van der Waals surface area contributed by atoms with E-state index in [2.05, 4.69) is 33.1 Å². The number of amides is 1. The van der Waals surface area contributed by atoms with E-state index in [4.69, 9.17) is 5.73 Å². The number of hydrogen-bond acceptors (Lipinski definition) is 3. The molecule has 0 bridgehead atoms. The number of carbonyl (C=O) groups is 1. The van der Waals surface area contributed by atoms with Crippen LogP contribution in [0.1, 0.15) is 25.0 Å². The lowest BCUT2D eigenvalue weighted by molar-refractivity contribution is -0.125. The number of aromatic nitrogens is 2. The zero-order valence-electron chi connectivity index (χ0n) is 14.6. The van der Waals surface area contributed by atoms with Gasteiger partial charge in [0.05, 0.1) is 17.4 Å². The van der Waals surface area contributed by atoms with Gasteiger partial charge in [-0.2, -0.15) is 0 Å². The Morgan fingerprint density at radius 2 is 1.80 bits per heavy atom. The molecule has 3 aromatic rings. The number of nitrogens with one attached hydrogen (secondary N) is 1. The van der Waals surface area contributed by atoms with Crippen molar-refractivity contribution < 1.29 is 4.79 Å². The van der Waals surface area contributed by atoms with Crippen LogP contribution in [0.2, 0.25) is 0 Å². The van der Waals surface area contributed by atoms with Gasteiger partial charge in [0.1, 0.15) is 0 Å². The quantitative estimate of drug-likeness (QED) is 0.727. The van der Waals surface area contributed by atoms with Gasteiger partial charge in [-0.1, -0.05) is 43.3 Å². The van der Waals surface area contributed by atoms with Gasteiger partial charge in [0.25, 0.3) is 0 Å². The van der Waals surface area contributed by atoms with Crippen molar-refractivity contribution in [2.45, 2.75) is 33.0 Å². The molecule has 0 saturated heterocycles. The summed E-state index contributed by atoms with van der Waals surface area (Å²) >= 11 is 0. The van der Waals surface area contributed by atoms with Crippen molar-refractivity contribution in [2.24, 2.45) is 11.7 Å². The Morgan fingerprint density at radius 1 is 1.12 bits per heavy atom. The van der Waals surface area contributed by atoms with Gasteiger partial charge in [0.15, 0.2) is 0 Å². The molecule has 1 amide bonds. The van der Waals surface area contributed by atoms with Crippen molar-refractivity contribution in [3.05, 3.63) is 66.0 Å². The Labute approximate surface area is 147 Å². The number of fused-ring (bicyclic) bond motifs is 1. The number of carbonyl (C=O) groups excluding carboxylic acids is 1. The molecule has 0 fully saturated rings. The molecule has 5 nitrogen and oxygen atoms in total. The molecule has 2 unspecified atom stereocenters. The fraction of sp³-hybridized carbons (Fsp3) is 0.300. The summed E-state index contributed by atoms with van der Waals surface area (Å²) in [6.07, 6.45) is 1.87. The maximum atomic E-state index is 12.0. The normalized spacial score (nSPS) is 13.6. The lowest BCUT2D eigenvalue weighted by Gasteiger charge is -2.15. The van der Waals surface area contributed by atoms with Crippen LogP contribution in [0, 0.1) is 5.92 Å². The fourth-order valence-electron chi connectivity index (χ4n) is 2.68. The van der Waals surface area contributed by atoms with Crippen LogP contribution < -0.4 is 11.1 Å². The van der Waals surface area contributed by atoms with Gasteiger partial charge < -0.3 is 15.6 Å². The Balaban J connectivity index is 1.62. The van der Waals surface area contributed by atoms with E-state index in [0.717, 1.165) is 23.1 Å². The van der Waals surface area contributed by atoms with Gasteiger partial charge in [-0.05, 0) is 30.2 Å². The standard InChI is InChI=1S/C20H24N4O/c1-14(15(2)21)20(25)22-11-16-7-9-17(10-8-16)12-24-13-23-18-5-3-4-6-19(18)24/h3-10,13-15H,11-12,21H2,1-2H3,(H,22,25). The number of imidazole rings is 1. The van der Waals surface area contributed by atoms with Gasteiger partial charge in [-0.15, -0.1) is 0 Å². The highest BCUT2D eigenvalue weighted by molar-refractivity contribution is 5.78. The highest BCUT2D eigenvalue weighted by Crippen LogP contribution is 2.14. The number of hydrogen-bond donors (Lipinski definition) is 2. The molecular formula is C20H24N4O. The predicted octanol–water partition coefficient (Wildman–Crippen LogP) is 2.68. The van der Waals surface area contributed by atoms with Crippen molar-refractivity contribution in [3.8, 4) is 0 Å². The third-order valence-electron chi connectivity index (χ3n) is 4.57. The molecule has 1 aromatic heterocycles. The third-order valence-corrected chi connectivity index (χ3v) is 4.57. The van der Waals surface area contributed by atoms with Gasteiger partial charge in [-0.25, -0.2) is 4.98 Å². The fourth-order valence-corrected chi connectivity index (χ4v) is 2.68. The second-order valence-electron chi connectivity index (χ2n) is 6.54. The Bertz CT molecular complexity index is 852. The summed E-state index contributed by atoms with van der Waals surface area (Å²) in [6.45, 7) is 4.98. The summed E-state index contributed by atoms with van der Waals surface area (Å²) in [7, 11) is 0. The van der Waals surface area contributed by atoms with E-state index in [0.29, 0.717) is 6.54 Å². The topological polar surface area (TPSA) is 72.9 Å². The van der Waals surface area contributed by atoms with Crippen LogP contribution in [-0.4, -0.2) is 21.5 Å². The van der Waals surface area contributed by atoms with Crippen LogP contribution in [-0.2, 0) is 17.9 Å². The number of nitrogens with two attached hydrogens (primary N) is 1. The van der Waals surface area contributed by atoms with Crippen LogP contribution in [0.5, 0.6) is 0 Å². The summed E-state index contributed by atoms with van der Waals surface area (Å²) in [4.78, 5) is 16.4. The van der Waals surface area contributed by atoms with Crippen LogP contribution in [0.4, 0.5) is 0 Å². The summed E-state index contributed by atoms with van der Waals surface area (Å²) in [5.74, 6) is -0.197. The molecule has 0 radical (unpaired) electrons. The lowest BCUT2D eigenvalue weighted by atomic mass is 10.0. The maximum Gasteiger partial charge on any atom is 0.224 e. The monoisotopic (exact) mass is 336 g/mol. The zero-order chi connectivity index (χ0) is 17.8. The highest BCUT2D eigenvalue weighted by atomic mass is 16.1.